The molecule has 2 aromatic heterocycles. The number of aromatic nitrogens is 2. The van der Waals surface area contributed by atoms with Gasteiger partial charge in [0.05, 0.1) is 0 Å². The average Bonchev–Trinajstić information content (AvgIpc) is 3.12. The molecule has 0 N–H and O–H groups in total. The number of hydrogen-bond acceptors (Lipinski definition) is 6. The van der Waals surface area contributed by atoms with Crippen LogP contribution in [0, 0.1) is 10.1 Å². The van der Waals surface area contributed by atoms with E-state index in [1.807, 2.05) is 34.5 Å². The molecule has 4 rings (SSSR count). The first-order valence-electron chi connectivity index (χ1n) is 8.43. The molecule has 0 atom stereocenters. The van der Waals surface area contributed by atoms with Gasteiger partial charge in [-0.1, -0.05) is 35.1 Å². The third kappa shape index (κ3) is 3.40. The van der Waals surface area contributed by atoms with E-state index in [4.69, 9.17) is 11.6 Å². The van der Waals surface area contributed by atoms with Crippen LogP contribution >= 0.6 is 22.9 Å². The number of fused-ring (bicyclic) bond motifs is 1. The van der Waals surface area contributed by atoms with Crippen molar-refractivity contribution in [3.63, 3.8) is 0 Å². The predicted molar refractivity (Wildman–Crippen MR) is 103 cm³/mol. The lowest BCUT2D eigenvalue weighted by Crippen LogP contribution is -2.31. The van der Waals surface area contributed by atoms with Crippen LogP contribution in [0.1, 0.15) is 12.0 Å². The summed E-state index contributed by atoms with van der Waals surface area (Å²) in [7, 11) is 0. The Bertz CT molecular complexity index is 923. The Hall–Kier alpha value is -2.16. The Labute approximate surface area is 159 Å². The summed E-state index contributed by atoms with van der Waals surface area (Å²) < 4.78 is 1.57. The molecule has 3 heterocycles. The van der Waals surface area contributed by atoms with Gasteiger partial charge in [-0.3, -0.25) is 4.90 Å². The maximum absolute atomic E-state index is 11.6. The second-order valence-electron chi connectivity index (χ2n) is 6.31. The molecule has 0 spiro atoms. The summed E-state index contributed by atoms with van der Waals surface area (Å²) in [4.78, 5) is 20.8. The first-order valence-corrected chi connectivity index (χ1v) is 9.69. The van der Waals surface area contributed by atoms with Crippen molar-refractivity contribution in [1.29, 1.82) is 0 Å². The molecule has 0 bridgehead atoms. The van der Waals surface area contributed by atoms with Gasteiger partial charge in [0, 0.05) is 43.1 Å². The number of imidazole rings is 1. The molecule has 3 aromatic rings. The van der Waals surface area contributed by atoms with Gasteiger partial charge in [-0.25, -0.2) is 0 Å². The second-order valence-corrected chi connectivity index (χ2v) is 7.62. The highest BCUT2D eigenvalue weighted by Gasteiger charge is 2.29. The highest BCUT2D eigenvalue weighted by Crippen LogP contribution is 2.31. The number of benzene rings is 1. The highest BCUT2D eigenvalue weighted by atomic mass is 35.5. The van der Waals surface area contributed by atoms with E-state index in [1.165, 1.54) is 16.9 Å². The van der Waals surface area contributed by atoms with Gasteiger partial charge in [-0.2, -0.15) is 9.38 Å². The van der Waals surface area contributed by atoms with Crippen LogP contribution in [-0.2, 0) is 6.54 Å². The maximum atomic E-state index is 11.6. The number of nitrogens with zero attached hydrogens (tertiary/aromatic N) is 5. The fraction of sp³-hybridized carbons (Fsp3) is 0.353. The van der Waals surface area contributed by atoms with Gasteiger partial charge < -0.3 is 15.0 Å². The minimum absolute atomic E-state index is 0.0624. The fourth-order valence-corrected chi connectivity index (χ4v) is 4.16. The number of hydrogen-bond donors (Lipinski definition) is 0. The van der Waals surface area contributed by atoms with Gasteiger partial charge in [0.2, 0.25) is 5.82 Å². The number of nitro groups is 1. The summed E-state index contributed by atoms with van der Waals surface area (Å²) in [6, 6.07) is 7.89. The Morgan fingerprint density at radius 1 is 1.19 bits per heavy atom. The van der Waals surface area contributed by atoms with Crippen LogP contribution in [-0.4, -0.2) is 45.4 Å². The molecule has 1 aliphatic rings. The van der Waals surface area contributed by atoms with Crippen molar-refractivity contribution in [3.05, 3.63) is 56.5 Å². The number of thiazole rings is 1. The zero-order valence-electron chi connectivity index (χ0n) is 14.0. The van der Waals surface area contributed by atoms with E-state index >= 15 is 0 Å². The quantitative estimate of drug-likeness (QED) is 0.501. The minimum Gasteiger partial charge on any atom is -0.358 e. The lowest BCUT2D eigenvalue weighted by atomic mass is 10.2. The molecule has 136 valence electrons. The monoisotopic (exact) mass is 391 g/mol. The molecule has 7 nitrogen and oxygen atoms in total. The van der Waals surface area contributed by atoms with Crippen LogP contribution < -0.4 is 4.90 Å². The van der Waals surface area contributed by atoms with E-state index < -0.39 is 0 Å². The standard InChI is InChI=1S/C17H18ClN5O2S/c18-14-4-2-13(3-5-14)12-20-6-1-7-21(9-8-20)15-16(23(24)25)22-10-11-26-17(22)19-15/h2-5,10-11H,1,6-9,12H2. The van der Waals surface area contributed by atoms with Gasteiger partial charge in [0.25, 0.3) is 4.96 Å². The molecular weight excluding hydrogens is 374 g/mol. The molecule has 1 aromatic carbocycles. The molecule has 0 radical (unpaired) electrons. The highest BCUT2D eigenvalue weighted by molar-refractivity contribution is 7.15. The smallest absolute Gasteiger partial charge is 0.358 e. The van der Waals surface area contributed by atoms with Crippen molar-refractivity contribution in [2.45, 2.75) is 13.0 Å². The molecule has 0 aliphatic carbocycles. The molecule has 1 saturated heterocycles. The largest absolute Gasteiger partial charge is 0.373 e. The molecule has 0 saturated carbocycles. The normalized spacial score (nSPS) is 16.1. The zero-order chi connectivity index (χ0) is 18.1. The van der Waals surface area contributed by atoms with Crippen LogP contribution in [0.2, 0.25) is 5.02 Å². The average molecular weight is 392 g/mol. The number of halogens is 1. The SMILES string of the molecule is O=[N+]([O-])c1c(N2CCCN(Cc3ccc(Cl)cc3)CC2)nc2sccn12. The first kappa shape index (κ1) is 17.3. The van der Waals surface area contributed by atoms with E-state index in [9.17, 15) is 10.1 Å². The molecule has 0 unspecified atom stereocenters. The van der Waals surface area contributed by atoms with Crippen molar-refractivity contribution in [3.8, 4) is 0 Å². The van der Waals surface area contributed by atoms with E-state index in [-0.39, 0.29) is 10.7 Å². The van der Waals surface area contributed by atoms with Crippen LogP contribution in [0.3, 0.4) is 0 Å². The van der Waals surface area contributed by atoms with Crippen molar-refractivity contribution in [1.82, 2.24) is 14.3 Å². The summed E-state index contributed by atoms with van der Waals surface area (Å²) in [6.07, 6.45) is 2.65. The van der Waals surface area contributed by atoms with E-state index in [1.54, 1.807) is 10.6 Å². The predicted octanol–water partition coefficient (Wildman–Crippen LogP) is 3.67. The third-order valence-corrected chi connectivity index (χ3v) is 5.61. The topological polar surface area (TPSA) is 66.9 Å². The lowest BCUT2D eigenvalue weighted by molar-refractivity contribution is -0.389. The zero-order valence-corrected chi connectivity index (χ0v) is 15.6. The molecule has 1 aliphatic heterocycles. The van der Waals surface area contributed by atoms with Crippen LogP contribution in [0.15, 0.2) is 35.8 Å². The molecular formula is C17H18ClN5O2S. The van der Waals surface area contributed by atoms with Crippen molar-refractivity contribution < 1.29 is 4.92 Å². The van der Waals surface area contributed by atoms with E-state index in [0.29, 0.717) is 10.8 Å². The molecule has 1 fully saturated rings. The summed E-state index contributed by atoms with van der Waals surface area (Å²) in [5, 5.41) is 14.1. The lowest BCUT2D eigenvalue weighted by Gasteiger charge is -2.21. The minimum atomic E-state index is -0.335. The third-order valence-electron chi connectivity index (χ3n) is 4.60. The number of anilines is 1. The summed E-state index contributed by atoms with van der Waals surface area (Å²) in [5.41, 5.74) is 1.22. The first-order chi connectivity index (χ1) is 12.6. The summed E-state index contributed by atoms with van der Waals surface area (Å²) in [6.45, 7) is 4.13. The summed E-state index contributed by atoms with van der Waals surface area (Å²) in [5.74, 6) is 0.544. The Morgan fingerprint density at radius 2 is 2.00 bits per heavy atom. The van der Waals surface area contributed by atoms with Gasteiger partial charge in [-0.15, -0.1) is 0 Å². The Kier molecular flexibility index (Phi) is 4.80. The molecule has 0 amide bonds. The van der Waals surface area contributed by atoms with E-state index in [2.05, 4.69) is 9.88 Å². The van der Waals surface area contributed by atoms with Gasteiger partial charge in [0.1, 0.15) is 6.20 Å². The van der Waals surface area contributed by atoms with E-state index in [0.717, 1.165) is 44.2 Å². The Balaban J connectivity index is 1.50. The van der Waals surface area contributed by atoms with Gasteiger partial charge in [0.15, 0.2) is 0 Å². The van der Waals surface area contributed by atoms with Crippen LogP contribution in [0.5, 0.6) is 0 Å². The number of rotatable bonds is 4. The van der Waals surface area contributed by atoms with Crippen molar-refractivity contribution in [2.75, 3.05) is 31.1 Å². The second kappa shape index (κ2) is 7.22. The van der Waals surface area contributed by atoms with Crippen LogP contribution in [0.25, 0.3) is 4.96 Å². The van der Waals surface area contributed by atoms with Crippen molar-refractivity contribution >= 4 is 39.5 Å². The van der Waals surface area contributed by atoms with Gasteiger partial charge >= 0.3 is 5.82 Å². The van der Waals surface area contributed by atoms with Crippen LogP contribution in [0.4, 0.5) is 11.6 Å². The van der Waals surface area contributed by atoms with Crippen molar-refractivity contribution in [2.24, 2.45) is 0 Å². The fourth-order valence-electron chi connectivity index (χ4n) is 3.33. The molecule has 26 heavy (non-hydrogen) atoms. The molecule has 9 heteroatoms. The van der Waals surface area contributed by atoms with Gasteiger partial charge in [-0.05, 0) is 29.0 Å². The maximum Gasteiger partial charge on any atom is 0.373 e. The Morgan fingerprint density at radius 3 is 2.77 bits per heavy atom. The summed E-state index contributed by atoms with van der Waals surface area (Å²) >= 11 is 7.36.